The van der Waals surface area contributed by atoms with Gasteiger partial charge in [0.25, 0.3) is 5.56 Å². The van der Waals surface area contributed by atoms with E-state index in [-0.39, 0.29) is 22.3 Å². The van der Waals surface area contributed by atoms with Gasteiger partial charge in [0, 0.05) is 13.1 Å². The van der Waals surface area contributed by atoms with E-state index in [0.29, 0.717) is 35.4 Å². The Labute approximate surface area is 181 Å². The molecular formula is C21H29N5O4S. The molecule has 0 amide bonds. The Kier molecular flexibility index (Phi) is 6.80. The molecule has 0 atom stereocenters. The summed E-state index contributed by atoms with van der Waals surface area (Å²) in [6.45, 7) is 7.96. The topological polar surface area (TPSA) is 119 Å². The number of benzene rings is 1. The summed E-state index contributed by atoms with van der Waals surface area (Å²) in [5, 5.41) is 4.43. The lowest BCUT2D eigenvalue weighted by Crippen LogP contribution is -2.30. The lowest BCUT2D eigenvalue weighted by atomic mass is 10.1. The fourth-order valence-electron chi connectivity index (χ4n) is 3.36. The highest BCUT2D eigenvalue weighted by molar-refractivity contribution is 7.89. The Morgan fingerprint density at radius 2 is 1.97 bits per heavy atom. The van der Waals surface area contributed by atoms with Gasteiger partial charge in [-0.05, 0) is 44.9 Å². The van der Waals surface area contributed by atoms with E-state index in [9.17, 15) is 13.2 Å². The second-order valence-electron chi connectivity index (χ2n) is 7.71. The molecule has 0 aliphatic carbocycles. The summed E-state index contributed by atoms with van der Waals surface area (Å²) >= 11 is 0. The number of nitrogens with one attached hydrogen (secondary N) is 2. The summed E-state index contributed by atoms with van der Waals surface area (Å²) in [6.07, 6.45) is 2.31. The predicted molar refractivity (Wildman–Crippen MR) is 120 cm³/mol. The van der Waals surface area contributed by atoms with Crippen molar-refractivity contribution >= 4 is 21.1 Å². The SMILES string of the molecule is CCCOc1ccc(S(=O)(=O)NC(C)C)cc1-c1nc2c(CCC)nn(C)c2c(=O)[nH]1. The van der Waals surface area contributed by atoms with E-state index >= 15 is 0 Å². The molecule has 3 aromatic rings. The van der Waals surface area contributed by atoms with Crippen LogP contribution in [0.5, 0.6) is 5.75 Å². The van der Waals surface area contributed by atoms with Gasteiger partial charge >= 0.3 is 0 Å². The zero-order valence-corrected chi connectivity index (χ0v) is 19.3. The smallest absolute Gasteiger partial charge is 0.277 e. The lowest BCUT2D eigenvalue weighted by molar-refractivity contribution is 0.318. The summed E-state index contributed by atoms with van der Waals surface area (Å²) < 4.78 is 35.4. The molecule has 2 heterocycles. The summed E-state index contributed by atoms with van der Waals surface area (Å²) in [5.74, 6) is 0.698. The normalized spacial score (nSPS) is 12.1. The van der Waals surface area contributed by atoms with Crippen molar-refractivity contribution in [2.45, 2.75) is 57.9 Å². The first-order chi connectivity index (χ1) is 14.7. The van der Waals surface area contributed by atoms with Gasteiger partial charge in [-0.1, -0.05) is 20.3 Å². The second-order valence-corrected chi connectivity index (χ2v) is 9.43. The Balaban J connectivity index is 2.24. The highest BCUT2D eigenvalue weighted by Crippen LogP contribution is 2.31. The first kappa shape index (κ1) is 23.0. The standard InChI is InChI=1S/C21H29N5O4S/c1-6-8-16-18-19(26(5)24-16)21(27)23-20(22-18)15-12-14(31(28,29)25-13(3)4)9-10-17(15)30-11-7-2/h9-10,12-13,25H,6-8,11H2,1-5H3,(H,22,23,27). The molecule has 10 heteroatoms. The minimum absolute atomic E-state index is 0.0720. The number of fused-ring (bicyclic) bond motifs is 1. The molecular weight excluding hydrogens is 418 g/mol. The number of H-pyrrole nitrogens is 1. The second kappa shape index (κ2) is 9.19. The number of ether oxygens (including phenoxy) is 1. The van der Waals surface area contributed by atoms with Crippen LogP contribution in [0, 0.1) is 0 Å². The molecule has 0 aliphatic rings. The number of aromatic nitrogens is 4. The largest absolute Gasteiger partial charge is 0.493 e. The number of hydrogen-bond donors (Lipinski definition) is 2. The van der Waals surface area contributed by atoms with Gasteiger partial charge in [0.2, 0.25) is 10.0 Å². The van der Waals surface area contributed by atoms with Crippen molar-refractivity contribution in [3.63, 3.8) is 0 Å². The fourth-order valence-corrected chi connectivity index (χ4v) is 4.63. The van der Waals surface area contributed by atoms with Gasteiger partial charge < -0.3 is 9.72 Å². The van der Waals surface area contributed by atoms with Crippen LogP contribution in [-0.2, 0) is 23.5 Å². The summed E-state index contributed by atoms with van der Waals surface area (Å²) in [4.78, 5) is 20.3. The molecule has 0 fully saturated rings. The van der Waals surface area contributed by atoms with Crippen molar-refractivity contribution in [1.82, 2.24) is 24.5 Å². The summed E-state index contributed by atoms with van der Waals surface area (Å²) in [6, 6.07) is 4.31. The molecule has 0 radical (unpaired) electrons. The molecule has 9 nitrogen and oxygen atoms in total. The molecule has 0 saturated heterocycles. The third-order valence-corrected chi connectivity index (χ3v) is 6.27. The quantitative estimate of drug-likeness (QED) is 0.521. The molecule has 0 bridgehead atoms. The monoisotopic (exact) mass is 447 g/mol. The third-order valence-electron chi connectivity index (χ3n) is 4.62. The van der Waals surface area contributed by atoms with Crippen LogP contribution in [0.25, 0.3) is 22.4 Å². The van der Waals surface area contributed by atoms with E-state index in [2.05, 4.69) is 19.8 Å². The zero-order valence-electron chi connectivity index (χ0n) is 18.5. The number of nitrogens with zero attached hydrogens (tertiary/aromatic N) is 3. The molecule has 31 heavy (non-hydrogen) atoms. The van der Waals surface area contributed by atoms with Crippen molar-refractivity contribution in [1.29, 1.82) is 0 Å². The maximum absolute atomic E-state index is 12.8. The number of aromatic amines is 1. The third kappa shape index (κ3) is 4.80. The average Bonchev–Trinajstić information content (AvgIpc) is 3.01. The molecule has 0 unspecified atom stereocenters. The van der Waals surface area contributed by atoms with Gasteiger partial charge in [0.1, 0.15) is 17.1 Å². The number of aryl methyl sites for hydroxylation is 2. The minimum atomic E-state index is -3.73. The number of hydrogen-bond acceptors (Lipinski definition) is 6. The maximum atomic E-state index is 12.8. The van der Waals surface area contributed by atoms with Crippen LogP contribution < -0.4 is 15.0 Å². The Morgan fingerprint density at radius 1 is 1.23 bits per heavy atom. The molecule has 0 spiro atoms. The van der Waals surface area contributed by atoms with E-state index in [1.165, 1.54) is 16.8 Å². The van der Waals surface area contributed by atoms with Gasteiger partial charge in [0.05, 0.1) is 22.8 Å². The van der Waals surface area contributed by atoms with Crippen LogP contribution in [0.15, 0.2) is 27.9 Å². The van der Waals surface area contributed by atoms with Crippen molar-refractivity contribution in [3.05, 3.63) is 34.2 Å². The average molecular weight is 448 g/mol. The Bertz CT molecular complexity index is 1240. The van der Waals surface area contributed by atoms with Gasteiger partial charge in [-0.3, -0.25) is 9.48 Å². The van der Waals surface area contributed by atoms with Crippen LogP contribution in [0.3, 0.4) is 0 Å². The van der Waals surface area contributed by atoms with Gasteiger partial charge in [-0.15, -0.1) is 0 Å². The summed E-state index contributed by atoms with van der Waals surface area (Å²) in [7, 11) is -2.03. The lowest BCUT2D eigenvalue weighted by Gasteiger charge is -2.14. The van der Waals surface area contributed by atoms with Crippen LogP contribution in [0.4, 0.5) is 0 Å². The van der Waals surface area contributed by atoms with Crippen molar-refractivity contribution in [3.8, 4) is 17.1 Å². The number of rotatable bonds is 9. The van der Waals surface area contributed by atoms with Crippen LogP contribution >= 0.6 is 0 Å². The van der Waals surface area contributed by atoms with Crippen molar-refractivity contribution < 1.29 is 13.2 Å². The van der Waals surface area contributed by atoms with Crippen LogP contribution in [-0.4, -0.2) is 40.8 Å². The van der Waals surface area contributed by atoms with Gasteiger partial charge in [0.15, 0.2) is 5.52 Å². The van der Waals surface area contributed by atoms with E-state index in [4.69, 9.17) is 4.74 Å². The van der Waals surface area contributed by atoms with Crippen molar-refractivity contribution in [2.75, 3.05) is 6.61 Å². The van der Waals surface area contributed by atoms with E-state index in [1.807, 2.05) is 13.8 Å². The Hall–Kier alpha value is -2.72. The summed E-state index contributed by atoms with van der Waals surface area (Å²) in [5.41, 5.74) is 1.69. The van der Waals surface area contributed by atoms with Crippen molar-refractivity contribution in [2.24, 2.45) is 7.05 Å². The fraction of sp³-hybridized carbons (Fsp3) is 0.476. The molecule has 2 aromatic heterocycles. The number of sulfonamides is 1. The molecule has 1 aromatic carbocycles. The van der Waals surface area contributed by atoms with Gasteiger partial charge in [-0.25, -0.2) is 18.1 Å². The highest BCUT2D eigenvalue weighted by Gasteiger charge is 2.21. The molecule has 3 rings (SSSR count). The molecule has 168 valence electrons. The van der Waals surface area contributed by atoms with E-state index < -0.39 is 10.0 Å². The maximum Gasteiger partial charge on any atom is 0.277 e. The highest BCUT2D eigenvalue weighted by atomic mass is 32.2. The molecule has 0 saturated carbocycles. The minimum Gasteiger partial charge on any atom is -0.493 e. The van der Waals surface area contributed by atoms with Gasteiger partial charge in [-0.2, -0.15) is 5.10 Å². The zero-order chi connectivity index (χ0) is 22.8. The molecule has 2 N–H and O–H groups in total. The predicted octanol–water partition coefficient (Wildman–Crippen LogP) is 2.75. The van der Waals surface area contributed by atoms with Crippen LogP contribution in [0.1, 0.15) is 46.2 Å². The van der Waals surface area contributed by atoms with E-state index in [0.717, 1.165) is 18.5 Å². The van der Waals surface area contributed by atoms with Crippen LogP contribution in [0.2, 0.25) is 0 Å². The Morgan fingerprint density at radius 3 is 2.61 bits per heavy atom. The van der Waals surface area contributed by atoms with E-state index in [1.54, 1.807) is 27.0 Å². The first-order valence-electron chi connectivity index (χ1n) is 10.4. The first-order valence-corrected chi connectivity index (χ1v) is 11.9. The molecule has 0 aliphatic heterocycles.